The molecule has 0 spiro atoms. The van der Waals surface area contributed by atoms with Crippen LogP contribution in [0.1, 0.15) is 15.9 Å². The van der Waals surface area contributed by atoms with Crippen molar-refractivity contribution in [3.05, 3.63) is 35.4 Å². The maximum absolute atomic E-state index is 12.5. The van der Waals surface area contributed by atoms with Crippen LogP contribution in [0.3, 0.4) is 0 Å². The average Bonchev–Trinajstić information content (AvgIpc) is 2.68. The van der Waals surface area contributed by atoms with Gasteiger partial charge in [-0.25, -0.2) is 22.7 Å². The van der Waals surface area contributed by atoms with Gasteiger partial charge in [-0.1, -0.05) is 12.1 Å². The molecule has 0 bridgehead atoms. The smallest absolute Gasteiger partial charge is 0.339 e. The summed E-state index contributed by atoms with van der Waals surface area (Å²) in [4.78, 5) is 31.5. The number of carbonyl (C=O) groups excluding carboxylic acids is 2. The second-order valence-electron chi connectivity index (χ2n) is 5.24. The Morgan fingerprint density at radius 1 is 1.04 bits per heavy atom. The van der Waals surface area contributed by atoms with Crippen molar-refractivity contribution < 1.29 is 32.2 Å². The van der Waals surface area contributed by atoms with Crippen LogP contribution in [0.15, 0.2) is 29.2 Å². The van der Waals surface area contributed by atoms with E-state index >= 15 is 0 Å². The Bertz CT molecular complexity index is 1010. The van der Waals surface area contributed by atoms with Crippen LogP contribution in [0.4, 0.5) is 10.6 Å². The molecule has 28 heavy (non-hydrogen) atoms. The fraction of sp³-hybridized carbons (Fsp3) is 0.250. The normalized spacial score (nSPS) is 10.7. The zero-order chi connectivity index (χ0) is 20.9. The van der Waals surface area contributed by atoms with Crippen molar-refractivity contribution in [1.29, 1.82) is 0 Å². The van der Waals surface area contributed by atoms with Gasteiger partial charge in [-0.15, -0.1) is 0 Å². The molecule has 0 aliphatic rings. The first kappa shape index (κ1) is 20.9. The summed E-state index contributed by atoms with van der Waals surface area (Å²) in [6, 6.07) is 4.12. The highest BCUT2D eigenvalue weighted by molar-refractivity contribution is 7.90. The molecule has 12 heteroatoms. The van der Waals surface area contributed by atoms with Crippen molar-refractivity contribution >= 4 is 27.8 Å². The number of nitrogens with zero attached hydrogens (tertiary/aromatic N) is 2. The minimum absolute atomic E-state index is 0.0161. The maximum Gasteiger partial charge on any atom is 0.339 e. The van der Waals surface area contributed by atoms with Crippen LogP contribution >= 0.6 is 0 Å². The number of ether oxygens (including phenoxy) is 3. The number of rotatable bonds is 6. The van der Waals surface area contributed by atoms with Crippen LogP contribution in [0.25, 0.3) is 0 Å². The summed E-state index contributed by atoms with van der Waals surface area (Å²) in [6.07, 6.45) is 0. The Labute approximate surface area is 161 Å². The van der Waals surface area contributed by atoms with E-state index in [0.717, 1.165) is 7.11 Å². The van der Waals surface area contributed by atoms with E-state index in [0.29, 0.717) is 5.56 Å². The SMILES string of the molecule is COC(=O)c1ccccc1S(=O)(=O)NC(=O)Nc1nc(OC)nc(OC)c1C. The molecule has 1 aromatic carbocycles. The van der Waals surface area contributed by atoms with Crippen LogP contribution in [0.2, 0.25) is 0 Å². The molecule has 1 aromatic heterocycles. The van der Waals surface area contributed by atoms with Crippen LogP contribution < -0.4 is 19.5 Å². The van der Waals surface area contributed by atoms with Gasteiger partial charge in [-0.2, -0.15) is 9.97 Å². The summed E-state index contributed by atoms with van der Waals surface area (Å²) in [5.41, 5.74) is 0.137. The van der Waals surface area contributed by atoms with Gasteiger partial charge in [0, 0.05) is 0 Å². The molecular formula is C16H18N4O7S. The van der Waals surface area contributed by atoms with Crippen LogP contribution in [0, 0.1) is 6.92 Å². The lowest BCUT2D eigenvalue weighted by molar-refractivity contribution is 0.0596. The third kappa shape index (κ3) is 4.46. The lowest BCUT2D eigenvalue weighted by Crippen LogP contribution is -2.35. The maximum atomic E-state index is 12.5. The van der Waals surface area contributed by atoms with Gasteiger partial charge in [0.2, 0.25) is 5.88 Å². The Hall–Kier alpha value is -3.41. The molecule has 0 radical (unpaired) electrons. The minimum Gasteiger partial charge on any atom is -0.481 e. The number of methoxy groups -OCH3 is 3. The molecule has 2 rings (SSSR count). The molecule has 11 nitrogen and oxygen atoms in total. The summed E-state index contributed by atoms with van der Waals surface area (Å²) in [7, 11) is -0.573. The topological polar surface area (TPSA) is 146 Å². The predicted molar refractivity (Wildman–Crippen MR) is 97.0 cm³/mol. The van der Waals surface area contributed by atoms with Crippen molar-refractivity contribution in [2.24, 2.45) is 0 Å². The van der Waals surface area contributed by atoms with Gasteiger partial charge in [0.1, 0.15) is 10.7 Å². The third-order valence-electron chi connectivity index (χ3n) is 3.50. The van der Waals surface area contributed by atoms with Gasteiger partial charge in [0.05, 0.1) is 32.5 Å². The summed E-state index contributed by atoms with van der Waals surface area (Å²) in [5, 5.41) is 2.29. The molecule has 0 saturated heterocycles. The van der Waals surface area contributed by atoms with Crippen LogP contribution in [0.5, 0.6) is 11.9 Å². The fourth-order valence-electron chi connectivity index (χ4n) is 2.18. The van der Waals surface area contributed by atoms with E-state index in [9.17, 15) is 18.0 Å². The standard InChI is InChI=1S/C16H18N4O7S/c1-9-12(18-16(27-4)19-13(9)25-2)17-15(22)20-28(23,24)11-8-6-5-7-10(11)14(21)26-3/h5-8H,1-4H3,(H2,17,18,19,20,22). The number of hydrogen-bond acceptors (Lipinski definition) is 9. The van der Waals surface area contributed by atoms with Crippen LogP contribution in [-0.4, -0.2) is 51.7 Å². The highest BCUT2D eigenvalue weighted by Gasteiger charge is 2.25. The minimum atomic E-state index is -4.38. The zero-order valence-electron chi connectivity index (χ0n) is 15.5. The van der Waals surface area contributed by atoms with E-state index in [2.05, 4.69) is 20.0 Å². The molecule has 2 N–H and O–H groups in total. The van der Waals surface area contributed by atoms with Crippen molar-refractivity contribution in [3.8, 4) is 11.9 Å². The van der Waals surface area contributed by atoms with Gasteiger partial charge in [0.15, 0.2) is 0 Å². The largest absolute Gasteiger partial charge is 0.481 e. The van der Waals surface area contributed by atoms with E-state index in [1.807, 2.05) is 4.72 Å². The number of urea groups is 1. The fourth-order valence-corrected chi connectivity index (χ4v) is 3.28. The molecule has 0 saturated carbocycles. The molecule has 2 aromatic rings. The van der Waals surface area contributed by atoms with Crippen molar-refractivity contribution in [2.45, 2.75) is 11.8 Å². The predicted octanol–water partition coefficient (Wildman–Crippen LogP) is 1.10. The molecule has 0 fully saturated rings. The Kier molecular flexibility index (Phi) is 6.36. The molecule has 2 amide bonds. The Morgan fingerprint density at radius 2 is 1.71 bits per heavy atom. The van der Waals surface area contributed by atoms with Crippen molar-refractivity contribution in [3.63, 3.8) is 0 Å². The number of anilines is 1. The molecule has 0 aliphatic carbocycles. The zero-order valence-corrected chi connectivity index (χ0v) is 16.3. The summed E-state index contributed by atoms with van der Waals surface area (Å²) in [5.74, 6) is -0.735. The number of carbonyl (C=O) groups is 2. The Morgan fingerprint density at radius 3 is 2.32 bits per heavy atom. The number of aromatic nitrogens is 2. The summed E-state index contributed by atoms with van der Waals surface area (Å²) in [6.45, 7) is 1.56. The van der Waals surface area contributed by atoms with Gasteiger partial charge in [-0.3, -0.25) is 5.32 Å². The number of sulfonamides is 1. The molecular weight excluding hydrogens is 392 g/mol. The first-order valence-electron chi connectivity index (χ1n) is 7.71. The highest BCUT2D eigenvalue weighted by Crippen LogP contribution is 2.24. The van der Waals surface area contributed by atoms with Crippen LogP contribution in [-0.2, 0) is 14.8 Å². The number of benzene rings is 1. The lowest BCUT2D eigenvalue weighted by atomic mass is 10.2. The molecule has 0 atom stereocenters. The number of esters is 1. The van der Waals surface area contributed by atoms with E-state index in [4.69, 9.17) is 9.47 Å². The molecule has 1 heterocycles. The Balaban J connectivity index is 2.30. The second kappa shape index (κ2) is 8.52. The average molecular weight is 410 g/mol. The van der Waals surface area contributed by atoms with Crippen molar-refractivity contribution in [2.75, 3.05) is 26.6 Å². The van der Waals surface area contributed by atoms with E-state index in [1.165, 1.54) is 38.5 Å². The van der Waals surface area contributed by atoms with Gasteiger partial charge in [0.25, 0.3) is 10.0 Å². The highest BCUT2D eigenvalue weighted by atomic mass is 32.2. The van der Waals surface area contributed by atoms with E-state index < -0.39 is 26.9 Å². The quantitative estimate of drug-likeness (QED) is 0.668. The first-order valence-corrected chi connectivity index (χ1v) is 9.19. The number of nitrogens with one attached hydrogen (secondary N) is 2. The lowest BCUT2D eigenvalue weighted by Gasteiger charge is -2.13. The van der Waals surface area contributed by atoms with Crippen molar-refractivity contribution in [1.82, 2.24) is 14.7 Å². The second-order valence-corrected chi connectivity index (χ2v) is 6.89. The van der Waals surface area contributed by atoms with Gasteiger partial charge in [-0.05, 0) is 19.1 Å². The number of hydrogen-bond donors (Lipinski definition) is 2. The van der Waals surface area contributed by atoms with E-state index in [1.54, 1.807) is 6.92 Å². The number of amides is 2. The first-order chi connectivity index (χ1) is 13.2. The molecule has 150 valence electrons. The molecule has 0 unspecified atom stereocenters. The summed E-state index contributed by atoms with van der Waals surface area (Å²) < 4.78 is 41.4. The third-order valence-corrected chi connectivity index (χ3v) is 4.89. The summed E-state index contributed by atoms with van der Waals surface area (Å²) >= 11 is 0. The molecule has 0 aliphatic heterocycles. The monoisotopic (exact) mass is 410 g/mol. The van der Waals surface area contributed by atoms with Gasteiger partial charge >= 0.3 is 18.0 Å². The van der Waals surface area contributed by atoms with E-state index in [-0.39, 0.29) is 23.3 Å². The van der Waals surface area contributed by atoms with Gasteiger partial charge < -0.3 is 14.2 Å².